The fourth-order valence-corrected chi connectivity index (χ4v) is 3.98. The van der Waals surface area contributed by atoms with Gasteiger partial charge in [0.1, 0.15) is 30.8 Å². The molecule has 9 heteroatoms. The predicted octanol–water partition coefficient (Wildman–Crippen LogP) is 0.409. The molecule has 2 saturated heterocycles. The van der Waals surface area contributed by atoms with Crippen molar-refractivity contribution in [3.05, 3.63) is 24.3 Å². The van der Waals surface area contributed by atoms with Crippen LogP contribution in [-0.4, -0.2) is 71.4 Å². The zero-order chi connectivity index (χ0) is 17.9. The van der Waals surface area contributed by atoms with Crippen molar-refractivity contribution in [1.82, 2.24) is 39.3 Å². The molecule has 140 valence electrons. The zero-order valence-corrected chi connectivity index (χ0v) is 15.3. The Bertz CT molecular complexity index is 734. The van der Waals surface area contributed by atoms with E-state index in [1.54, 1.807) is 11.0 Å². The normalized spacial score (nSPS) is 21.4. The smallest absolute Gasteiger partial charge is 0.244 e. The summed E-state index contributed by atoms with van der Waals surface area (Å²) in [4.78, 5) is 20.8. The minimum atomic E-state index is 0.0830. The van der Waals surface area contributed by atoms with Crippen molar-refractivity contribution >= 4 is 5.91 Å². The summed E-state index contributed by atoms with van der Waals surface area (Å²) >= 11 is 0. The molecule has 0 radical (unpaired) electrons. The molecule has 4 rings (SSSR count). The van der Waals surface area contributed by atoms with Crippen LogP contribution in [0.3, 0.4) is 0 Å². The second-order valence-corrected chi connectivity index (χ2v) is 7.29. The van der Waals surface area contributed by atoms with Crippen LogP contribution >= 0.6 is 0 Å². The fourth-order valence-electron chi connectivity index (χ4n) is 3.98. The van der Waals surface area contributed by atoms with E-state index >= 15 is 0 Å². The third-order valence-electron chi connectivity index (χ3n) is 5.47. The Balaban J connectivity index is 1.41. The third kappa shape index (κ3) is 3.62. The van der Waals surface area contributed by atoms with Crippen LogP contribution in [0.5, 0.6) is 0 Å². The number of aromatic nitrogens is 6. The lowest BCUT2D eigenvalue weighted by atomic mass is 9.97. The Morgan fingerprint density at radius 2 is 2.04 bits per heavy atom. The van der Waals surface area contributed by atoms with Crippen LogP contribution in [0, 0.1) is 0 Å². The van der Waals surface area contributed by atoms with Crippen LogP contribution in [0.1, 0.15) is 43.3 Å². The molecule has 0 aliphatic carbocycles. The van der Waals surface area contributed by atoms with Gasteiger partial charge in [-0.25, -0.2) is 9.67 Å². The number of hydrogen-bond acceptors (Lipinski definition) is 6. The molecule has 2 aromatic rings. The highest BCUT2D eigenvalue weighted by Crippen LogP contribution is 2.26. The Labute approximate surface area is 153 Å². The maximum absolute atomic E-state index is 12.6. The lowest BCUT2D eigenvalue weighted by Gasteiger charge is -2.32. The predicted molar refractivity (Wildman–Crippen MR) is 94.1 cm³/mol. The third-order valence-corrected chi connectivity index (χ3v) is 5.47. The number of rotatable bonds is 5. The molecular formula is C17H26N8O. The van der Waals surface area contributed by atoms with E-state index in [-0.39, 0.29) is 18.4 Å². The summed E-state index contributed by atoms with van der Waals surface area (Å²) in [6.07, 6.45) is 7.61. The first kappa shape index (κ1) is 17.1. The maximum Gasteiger partial charge on any atom is 0.244 e. The van der Waals surface area contributed by atoms with E-state index in [1.807, 2.05) is 4.90 Å². The Morgan fingerprint density at radius 1 is 1.19 bits per heavy atom. The van der Waals surface area contributed by atoms with Gasteiger partial charge in [-0.1, -0.05) is 0 Å². The molecule has 0 unspecified atom stereocenters. The number of carbonyl (C=O) groups is 1. The van der Waals surface area contributed by atoms with Gasteiger partial charge in [0, 0.05) is 26.1 Å². The summed E-state index contributed by atoms with van der Waals surface area (Å²) in [5.74, 6) is 2.35. The minimum absolute atomic E-state index is 0.0830. The SMILES string of the molecule is Cn1c(CN2CCCC2)nnc1[C@@H]1CCCN(C(=O)Cn2cncn2)C1. The van der Waals surface area contributed by atoms with Gasteiger partial charge in [-0.05, 0) is 38.8 Å². The summed E-state index contributed by atoms with van der Waals surface area (Å²) in [5.41, 5.74) is 0. The van der Waals surface area contributed by atoms with Crippen LogP contribution in [0.4, 0.5) is 0 Å². The quantitative estimate of drug-likeness (QED) is 0.770. The molecule has 2 aliphatic rings. The van der Waals surface area contributed by atoms with E-state index in [1.165, 1.54) is 19.2 Å². The molecule has 0 N–H and O–H groups in total. The average Bonchev–Trinajstić information content (AvgIpc) is 3.40. The molecule has 4 heterocycles. The van der Waals surface area contributed by atoms with Crippen LogP contribution in [0.2, 0.25) is 0 Å². The number of hydrogen-bond donors (Lipinski definition) is 0. The van der Waals surface area contributed by atoms with Gasteiger partial charge in [-0.2, -0.15) is 5.10 Å². The van der Waals surface area contributed by atoms with Gasteiger partial charge in [-0.15, -0.1) is 10.2 Å². The van der Waals surface area contributed by atoms with Gasteiger partial charge in [0.05, 0.1) is 6.54 Å². The van der Waals surface area contributed by atoms with Crippen LogP contribution in [-0.2, 0) is 24.9 Å². The van der Waals surface area contributed by atoms with E-state index in [0.717, 1.165) is 50.7 Å². The van der Waals surface area contributed by atoms with Gasteiger partial charge in [0.25, 0.3) is 0 Å². The van der Waals surface area contributed by atoms with Crippen molar-refractivity contribution in [3.63, 3.8) is 0 Å². The summed E-state index contributed by atoms with van der Waals surface area (Å²) in [7, 11) is 2.05. The molecule has 0 bridgehead atoms. The second-order valence-electron chi connectivity index (χ2n) is 7.29. The monoisotopic (exact) mass is 358 g/mol. The molecule has 2 fully saturated rings. The molecule has 0 aromatic carbocycles. The number of nitrogens with zero attached hydrogens (tertiary/aromatic N) is 8. The number of likely N-dealkylation sites (tertiary alicyclic amines) is 2. The molecule has 2 aliphatic heterocycles. The van der Waals surface area contributed by atoms with E-state index < -0.39 is 0 Å². The Kier molecular flexibility index (Phi) is 4.96. The van der Waals surface area contributed by atoms with E-state index in [9.17, 15) is 4.79 Å². The summed E-state index contributed by atoms with van der Waals surface area (Å²) in [6, 6.07) is 0. The number of amides is 1. The molecule has 0 spiro atoms. The first-order chi connectivity index (χ1) is 12.7. The highest BCUT2D eigenvalue weighted by atomic mass is 16.2. The molecular weight excluding hydrogens is 332 g/mol. The number of piperidine rings is 1. The van der Waals surface area contributed by atoms with Gasteiger partial charge in [0.2, 0.25) is 5.91 Å². The highest BCUT2D eigenvalue weighted by Gasteiger charge is 2.29. The van der Waals surface area contributed by atoms with Crippen molar-refractivity contribution in [2.45, 2.75) is 44.7 Å². The first-order valence-electron chi connectivity index (χ1n) is 9.41. The Morgan fingerprint density at radius 3 is 2.81 bits per heavy atom. The van der Waals surface area contributed by atoms with Crippen molar-refractivity contribution < 1.29 is 4.79 Å². The zero-order valence-electron chi connectivity index (χ0n) is 15.3. The highest BCUT2D eigenvalue weighted by molar-refractivity contribution is 5.76. The molecule has 1 atom stereocenters. The second kappa shape index (κ2) is 7.53. The molecule has 26 heavy (non-hydrogen) atoms. The maximum atomic E-state index is 12.6. The van der Waals surface area contributed by atoms with Crippen molar-refractivity contribution in [3.8, 4) is 0 Å². The van der Waals surface area contributed by atoms with E-state index in [0.29, 0.717) is 6.54 Å². The number of carbonyl (C=O) groups excluding carboxylic acids is 1. The molecule has 0 saturated carbocycles. The van der Waals surface area contributed by atoms with Crippen LogP contribution < -0.4 is 0 Å². The van der Waals surface area contributed by atoms with Gasteiger partial charge in [0.15, 0.2) is 0 Å². The minimum Gasteiger partial charge on any atom is -0.340 e. The van der Waals surface area contributed by atoms with Gasteiger partial charge < -0.3 is 9.47 Å². The molecule has 1 amide bonds. The van der Waals surface area contributed by atoms with E-state index in [2.05, 4.69) is 36.8 Å². The largest absolute Gasteiger partial charge is 0.340 e. The van der Waals surface area contributed by atoms with Crippen molar-refractivity contribution in [1.29, 1.82) is 0 Å². The molecule has 2 aromatic heterocycles. The lowest BCUT2D eigenvalue weighted by molar-refractivity contribution is -0.133. The van der Waals surface area contributed by atoms with Crippen LogP contribution in [0.25, 0.3) is 0 Å². The topological polar surface area (TPSA) is 85.0 Å². The van der Waals surface area contributed by atoms with Crippen molar-refractivity contribution in [2.24, 2.45) is 7.05 Å². The van der Waals surface area contributed by atoms with E-state index in [4.69, 9.17) is 0 Å². The van der Waals surface area contributed by atoms with Gasteiger partial charge >= 0.3 is 0 Å². The average molecular weight is 358 g/mol. The fraction of sp³-hybridized carbons (Fsp3) is 0.706. The molecule has 9 nitrogen and oxygen atoms in total. The van der Waals surface area contributed by atoms with Gasteiger partial charge in [-0.3, -0.25) is 9.69 Å². The lowest BCUT2D eigenvalue weighted by Crippen LogP contribution is -2.41. The van der Waals surface area contributed by atoms with Crippen molar-refractivity contribution in [2.75, 3.05) is 26.2 Å². The summed E-state index contributed by atoms with van der Waals surface area (Å²) < 4.78 is 3.71. The Hall–Kier alpha value is -2.29. The summed E-state index contributed by atoms with van der Waals surface area (Å²) in [6.45, 7) is 4.90. The standard InChI is InChI=1S/C17H26N8O/c1-22-15(10-23-6-2-3-7-23)20-21-17(22)14-5-4-8-24(9-14)16(26)11-25-13-18-12-19-25/h12-14H,2-11H2,1H3/t14-/m1/s1. The van der Waals surface area contributed by atoms with Crippen LogP contribution in [0.15, 0.2) is 12.7 Å². The first-order valence-corrected chi connectivity index (χ1v) is 9.41. The summed E-state index contributed by atoms with van der Waals surface area (Å²) in [5, 5.41) is 12.9.